The Morgan fingerprint density at radius 3 is 2.50 bits per heavy atom. The fourth-order valence-corrected chi connectivity index (χ4v) is 1.68. The molecule has 1 radical (unpaired) electrons. The number of nitrogens with zero attached hydrogens (tertiary/aromatic N) is 1. The average Bonchev–Trinajstić information content (AvgIpc) is 2.30. The number of hydrogen-bond donors (Lipinski definition) is 0. The summed E-state index contributed by atoms with van der Waals surface area (Å²) in [6.07, 6.45) is 0. The first-order valence-electron chi connectivity index (χ1n) is 4.91. The zero-order chi connectivity index (χ0) is 11.5. The van der Waals surface area contributed by atoms with Crippen LogP contribution >= 0.6 is 0 Å². The number of hydrogen-bond acceptors (Lipinski definition) is 2. The van der Waals surface area contributed by atoms with Gasteiger partial charge in [-0.2, -0.15) is 0 Å². The Morgan fingerprint density at radius 2 is 1.88 bits per heavy atom. The Labute approximate surface area is 93.5 Å². The third-order valence-electron chi connectivity index (χ3n) is 2.50. The third-order valence-corrected chi connectivity index (χ3v) is 2.50. The first kappa shape index (κ1) is 10.4. The molecular weight excluding hydrogens is 202 g/mol. The van der Waals surface area contributed by atoms with E-state index in [9.17, 15) is 10.1 Å². The van der Waals surface area contributed by atoms with Crippen molar-refractivity contribution in [2.24, 2.45) is 0 Å². The molecule has 0 fully saturated rings. The summed E-state index contributed by atoms with van der Waals surface area (Å²) in [5, 5.41) is 10.8. The minimum Gasteiger partial charge on any atom is -0.258 e. The molecule has 0 aliphatic carbocycles. The maximum atomic E-state index is 10.8. The van der Waals surface area contributed by atoms with E-state index in [4.69, 9.17) is 0 Å². The summed E-state index contributed by atoms with van der Waals surface area (Å²) in [4.78, 5) is 10.4. The van der Waals surface area contributed by atoms with Crippen LogP contribution < -0.4 is 0 Å². The monoisotopic (exact) mass is 212 g/mol. The lowest BCUT2D eigenvalue weighted by molar-refractivity contribution is -0.385. The Bertz CT molecular complexity index is 521. The lowest BCUT2D eigenvalue weighted by Gasteiger charge is -2.05. The van der Waals surface area contributed by atoms with Crippen LogP contribution in [0.1, 0.15) is 5.56 Å². The minimum absolute atomic E-state index is 0.0429. The lowest BCUT2D eigenvalue weighted by Crippen LogP contribution is -1.93. The van der Waals surface area contributed by atoms with Gasteiger partial charge in [0, 0.05) is 5.56 Å². The second-order valence-corrected chi connectivity index (χ2v) is 3.49. The van der Waals surface area contributed by atoms with Gasteiger partial charge < -0.3 is 0 Å². The predicted molar refractivity (Wildman–Crippen MR) is 62.1 cm³/mol. The molecular formula is C13H10NO2. The van der Waals surface area contributed by atoms with Crippen LogP contribution in [-0.2, 0) is 0 Å². The van der Waals surface area contributed by atoms with E-state index < -0.39 is 4.92 Å². The van der Waals surface area contributed by atoms with Crippen molar-refractivity contribution >= 4 is 5.69 Å². The van der Waals surface area contributed by atoms with E-state index in [1.54, 1.807) is 13.0 Å². The molecule has 0 unspecified atom stereocenters. The highest BCUT2D eigenvalue weighted by atomic mass is 16.6. The fourth-order valence-electron chi connectivity index (χ4n) is 1.68. The van der Waals surface area contributed by atoms with E-state index in [1.807, 2.05) is 36.4 Å². The van der Waals surface area contributed by atoms with E-state index >= 15 is 0 Å². The van der Waals surface area contributed by atoms with Crippen LogP contribution in [0.4, 0.5) is 5.69 Å². The molecule has 2 aromatic rings. The Morgan fingerprint density at radius 1 is 1.19 bits per heavy atom. The number of rotatable bonds is 2. The summed E-state index contributed by atoms with van der Waals surface area (Å²) >= 11 is 0. The van der Waals surface area contributed by atoms with Crippen LogP contribution in [-0.4, -0.2) is 4.92 Å². The van der Waals surface area contributed by atoms with Gasteiger partial charge in [0.15, 0.2) is 0 Å². The molecule has 0 saturated heterocycles. The van der Waals surface area contributed by atoms with Gasteiger partial charge in [0.2, 0.25) is 0 Å². The molecule has 0 aromatic heterocycles. The van der Waals surface area contributed by atoms with Crippen molar-refractivity contribution in [1.29, 1.82) is 0 Å². The van der Waals surface area contributed by atoms with Crippen molar-refractivity contribution in [3.63, 3.8) is 0 Å². The molecule has 0 aliphatic heterocycles. The van der Waals surface area contributed by atoms with Gasteiger partial charge in [-0.25, -0.2) is 0 Å². The topological polar surface area (TPSA) is 43.1 Å². The molecule has 2 aromatic carbocycles. The van der Waals surface area contributed by atoms with Crippen molar-refractivity contribution in [1.82, 2.24) is 0 Å². The van der Waals surface area contributed by atoms with Gasteiger partial charge in [-0.05, 0) is 24.1 Å². The van der Waals surface area contributed by atoms with Crippen molar-refractivity contribution < 1.29 is 4.92 Å². The molecule has 3 heteroatoms. The van der Waals surface area contributed by atoms with Crippen molar-refractivity contribution in [3.05, 3.63) is 64.2 Å². The lowest BCUT2D eigenvalue weighted by atomic mass is 9.99. The molecule has 0 aliphatic rings. The zero-order valence-corrected chi connectivity index (χ0v) is 8.81. The molecule has 0 spiro atoms. The number of benzene rings is 2. The van der Waals surface area contributed by atoms with Gasteiger partial charge in [0.1, 0.15) is 0 Å². The van der Waals surface area contributed by atoms with Crippen LogP contribution in [0.25, 0.3) is 11.1 Å². The van der Waals surface area contributed by atoms with Gasteiger partial charge in [0.05, 0.1) is 11.0 Å². The highest BCUT2D eigenvalue weighted by Gasteiger charge is 2.14. The van der Waals surface area contributed by atoms with E-state index in [-0.39, 0.29) is 5.69 Å². The minimum atomic E-state index is -0.401. The smallest absolute Gasteiger partial charge is 0.258 e. The van der Waals surface area contributed by atoms with E-state index in [0.29, 0.717) is 5.56 Å². The van der Waals surface area contributed by atoms with E-state index in [0.717, 1.165) is 11.1 Å². The third kappa shape index (κ3) is 1.80. The fraction of sp³-hybridized carbons (Fsp3) is 0.0769. The maximum absolute atomic E-state index is 10.8. The van der Waals surface area contributed by atoms with Crippen LogP contribution in [0.2, 0.25) is 0 Å². The molecule has 0 amide bonds. The largest absolute Gasteiger partial charge is 0.280 e. The second-order valence-electron chi connectivity index (χ2n) is 3.49. The van der Waals surface area contributed by atoms with Crippen molar-refractivity contribution in [2.45, 2.75) is 6.92 Å². The van der Waals surface area contributed by atoms with Gasteiger partial charge in [-0.15, -0.1) is 0 Å². The summed E-state index contributed by atoms with van der Waals surface area (Å²) in [6.45, 7) is 1.75. The average molecular weight is 212 g/mol. The molecule has 3 nitrogen and oxygen atoms in total. The molecule has 0 bridgehead atoms. The standard InChI is InChI=1S/C13H10NO2/c1-10-12(11-6-3-2-4-7-11)8-5-9-13(10)14(15)16/h2-8H,1H3. The van der Waals surface area contributed by atoms with Gasteiger partial charge in [-0.1, -0.05) is 36.4 Å². The van der Waals surface area contributed by atoms with Gasteiger partial charge in [-0.3, -0.25) is 10.1 Å². The van der Waals surface area contributed by atoms with Crippen molar-refractivity contribution in [2.75, 3.05) is 0 Å². The van der Waals surface area contributed by atoms with Crippen LogP contribution in [0.3, 0.4) is 0 Å². The first-order valence-corrected chi connectivity index (χ1v) is 4.91. The molecule has 0 N–H and O–H groups in total. The molecule has 0 heterocycles. The SMILES string of the molecule is Cc1c([N+](=O)[O-])[c]ccc1-c1ccccc1. The second kappa shape index (κ2) is 4.14. The molecule has 0 saturated carbocycles. The predicted octanol–water partition coefficient (Wildman–Crippen LogP) is 3.37. The Balaban J connectivity index is 2.59. The van der Waals surface area contributed by atoms with Gasteiger partial charge >= 0.3 is 0 Å². The highest BCUT2D eigenvalue weighted by molar-refractivity contribution is 5.70. The number of nitro groups is 1. The highest BCUT2D eigenvalue weighted by Crippen LogP contribution is 2.28. The Hall–Kier alpha value is -2.16. The van der Waals surface area contributed by atoms with Gasteiger partial charge in [0.25, 0.3) is 5.69 Å². The molecule has 79 valence electrons. The summed E-state index contributed by atoms with van der Waals surface area (Å²) in [5.74, 6) is 0. The number of nitro benzene ring substituents is 1. The molecule has 2 rings (SSSR count). The Kier molecular flexibility index (Phi) is 2.68. The zero-order valence-electron chi connectivity index (χ0n) is 8.81. The summed E-state index contributed by atoms with van der Waals surface area (Å²) < 4.78 is 0. The summed E-state index contributed by atoms with van der Waals surface area (Å²) in [7, 11) is 0. The van der Waals surface area contributed by atoms with Crippen molar-refractivity contribution in [3.8, 4) is 11.1 Å². The van der Waals surface area contributed by atoms with Crippen LogP contribution in [0.5, 0.6) is 0 Å². The first-order chi connectivity index (χ1) is 7.70. The summed E-state index contributed by atoms with van der Waals surface area (Å²) in [6, 6.07) is 15.7. The molecule has 16 heavy (non-hydrogen) atoms. The van der Waals surface area contributed by atoms with E-state index in [1.165, 1.54) is 0 Å². The molecule has 0 atom stereocenters. The summed E-state index contributed by atoms with van der Waals surface area (Å²) in [5.41, 5.74) is 2.56. The van der Waals surface area contributed by atoms with Crippen LogP contribution in [0, 0.1) is 23.1 Å². The van der Waals surface area contributed by atoms with Crippen LogP contribution in [0.15, 0.2) is 42.5 Å². The quantitative estimate of drug-likeness (QED) is 0.565. The van der Waals surface area contributed by atoms with E-state index in [2.05, 4.69) is 6.07 Å². The maximum Gasteiger partial charge on any atom is 0.280 e. The normalized spacial score (nSPS) is 10.1.